The van der Waals surface area contributed by atoms with Gasteiger partial charge < -0.3 is 43.8 Å². The second-order valence-corrected chi connectivity index (χ2v) is 22.3. The second-order valence-electron chi connectivity index (χ2n) is 17.3. The van der Waals surface area contributed by atoms with Gasteiger partial charge >= 0.3 is 0 Å². The van der Waals surface area contributed by atoms with Crippen LogP contribution in [0.3, 0.4) is 0 Å². The van der Waals surface area contributed by atoms with Crippen LogP contribution >= 0.6 is 15.8 Å². The maximum Gasteiger partial charge on any atom is 0.121 e. The molecular weight excluding hydrogens is 928 g/mol. The molecule has 6 rings (SSSR count). The minimum absolute atomic E-state index is 1.04. The van der Waals surface area contributed by atoms with Crippen molar-refractivity contribution >= 4 is 89.2 Å². The molecule has 0 aliphatic rings. The van der Waals surface area contributed by atoms with Gasteiger partial charge in [-0.3, -0.25) is 0 Å². The second kappa shape index (κ2) is 31.5. The summed E-state index contributed by atoms with van der Waals surface area (Å²) in [4.78, 5) is 14.5. The smallest absolute Gasteiger partial charge is 0.121 e. The lowest BCUT2D eigenvalue weighted by atomic mass is 10.3. The van der Waals surface area contributed by atoms with Gasteiger partial charge in [-0.15, -0.1) is 0 Å². The van der Waals surface area contributed by atoms with Crippen LogP contribution < -0.4 is 71.3 Å². The monoisotopic (exact) mass is 1010 g/mol. The first-order valence-corrected chi connectivity index (χ1v) is 29.7. The van der Waals surface area contributed by atoms with Crippen molar-refractivity contribution in [1.29, 1.82) is 0 Å². The van der Waals surface area contributed by atoms with Crippen LogP contribution in [-0.4, -0.2) is 85.9 Å². The molecule has 0 unspecified atom stereocenters. The lowest BCUT2D eigenvalue weighted by Gasteiger charge is -2.23. The zero-order valence-electron chi connectivity index (χ0n) is 45.8. The first-order chi connectivity index (χ1) is 34.9. The molecule has 0 saturated heterocycles. The van der Waals surface area contributed by atoms with Crippen molar-refractivity contribution in [1.82, 2.24) is 0 Å². The van der Waals surface area contributed by atoms with Crippen molar-refractivity contribution in [2.45, 2.75) is 83.1 Å². The fourth-order valence-corrected chi connectivity index (χ4v) is 14.6. The number of rotatable bonds is 24. The highest BCUT2D eigenvalue weighted by molar-refractivity contribution is 7.80. The van der Waals surface area contributed by atoms with Crippen LogP contribution in [0.15, 0.2) is 146 Å². The molecule has 0 aromatic heterocycles. The topological polar surface area (TPSA) is 65.6 Å². The molecule has 0 aliphatic carbocycles. The molecule has 0 bridgehead atoms. The van der Waals surface area contributed by atoms with Crippen LogP contribution in [0.5, 0.6) is 0 Å². The quantitative estimate of drug-likeness (QED) is 0.0440. The fraction of sp³-hybridized carbons (Fsp3) is 0.400. The Labute approximate surface area is 438 Å². The van der Waals surface area contributed by atoms with Crippen LogP contribution in [0.25, 0.3) is 0 Å². The highest BCUT2D eigenvalue weighted by Gasteiger charge is 2.28. The van der Waals surface area contributed by atoms with Gasteiger partial charge in [0.15, 0.2) is 0 Å². The van der Waals surface area contributed by atoms with Crippen LogP contribution in [0.4, 0.5) is 38.4 Å². The number of hydrogen-bond donors (Lipinski definition) is 0. The number of benzene rings is 6. The first kappa shape index (κ1) is 59.5. The van der Waals surface area contributed by atoms with Crippen molar-refractivity contribution in [2.75, 3.05) is 108 Å². The predicted molar refractivity (Wildman–Crippen MR) is 321 cm³/mol. The highest BCUT2D eigenvalue weighted by Crippen LogP contribution is 2.36. The van der Waals surface area contributed by atoms with E-state index in [4.69, 9.17) is 10.0 Å². The number of nitrogens with zero attached hydrogens (tertiary/aromatic N) is 6. The van der Waals surface area contributed by atoms with Crippen LogP contribution in [0.1, 0.15) is 83.1 Å². The third-order valence-electron chi connectivity index (χ3n) is 13.7. The zero-order chi connectivity index (χ0) is 52.6. The SMILES string of the molecule is CCN(CC)c1ccc([PH+](c2ccc(N(CC)CC)cc2)c2ccc(N(CC)CC)cc2)cc1.CCN(CC)c1ccc([PH+](c2ccc(N(CC)CC)cc2)c2ccc(N(CC)CC)cc2)cc1.[O-]B([O-])F. The van der Waals surface area contributed by atoms with Gasteiger partial charge in [-0.2, -0.15) is 0 Å². The van der Waals surface area contributed by atoms with Gasteiger partial charge in [-0.1, -0.05) is 0 Å². The molecule has 6 aromatic rings. The third-order valence-corrected chi connectivity index (χ3v) is 19.2. The van der Waals surface area contributed by atoms with Gasteiger partial charge in [-0.25, -0.2) is 0 Å². The maximum atomic E-state index is 9.89. The summed E-state index contributed by atoms with van der Waals surface area (Å²) < 4.78 is 9.89. The molecule has 0 aliphatic heterocycles. The summed E-state index contributed by atoms with van der Waals surface area (Å²) in [5.41, 5.74) is 7.85. The van der Waals surface area contributed by atoms with Crippen LogP contribution in [-0.2, 0) is 0 Å². The molecular formula is C60H86BFN6O2P2. The fourth-order valence-electron chi connectivity index (χ4n) is 9.57. The van der Waals surface area contributed by atoms with E-state index < -0.39 is 23.2 Å². The summed E-state index contributed by atoms with van der Waals surface area (Å²) in [6, 6.07) is 56.0. The summed E-state index contributed by atoms with van der Waals surface area (Å²) in [5, 5.41) is 25.2. The van der Waals surface area contributed by atoms with E-state index in [0.29, 0.717) is 0 Å². The summed E-state index contributed by atoms with van der Waals surface area (Å²) in [6.07, 6.45) is 0. The van der Waals surface area contributed by atoms with Gasteiger partial charge in [0, 0.05) is 113 Å². The van der Waals surface area contributed by atoms with Crippen molar-refractivity contribution < 1.29 is 14.4 Å². The molecule has 0 radical (unpaired) electrons. The first-order valence-electron chi connectivity index (χ1n) is 26.7. The Morgan fingerprint density at radius 3 is 0.444 bits per heavy atom. The van der Waals surface area contributed by atoms with Crippen molar-refractivity contribution in [2.24, 2.45) is 0 Å². The Hall–Kier alpha value is -5.11. The lowest BCUT2D eigenvalue weighted by molar-refractivity contribution is -0.366. The average molecular weight is 1020 g/mol. The number of anilines is 6. The Morgan fingerprint density at radius 1 is 0.264 bits per heavy atom. The molecule has 0 fully saturated rings. The molecule has 388 valence electrons. The van der Waals surface area contributed by atoms with Crippen LogP contribution in [0.2, 0.25) is 0 Å². The van der Waals surface area contributed by atoms with E-state index in [0.717, 1.165) is 78.5 Å². The Balaban J connectivity index is 0.000000291. The molecule has 6 aromatic carbocycles. The normalized spacial score (nSPS) is 10.8. The molecule has 8 nitrogen and oxygen atoms in total. The Morgan fingerprint density at radius 2 is 0.361 bits per heavy atom. The summed E-state index contributed by atoms with van der Waals surface area (Å²) in [7, 11) is -5.36. The molecule has 12 heteroatoms. The molecule has 72 heavy (non-hydrogen) atoms. The van der Waals surface area contributed by atoms with Gasteiger partial charge in [0.25, 0.3) is 0 Å². The van der Waals surface area contributed by atoms with E-state index in [-0.39, 0.29) is 0 Å². The maximum absolute atomic E-state index is 9.89. The Kier molecular flexibility index (Phi) is 26.0. The van der Waals surface area contributed by atoms with E-state index in [2.05, 4.69) is 258 Å². The van der Waals surface area contributed by atoms with E-state index in [1.54, 1.807) is 0 Å². The summed E-state index contributed by atoms with van der Waals surface area (Å²) in [5.74, 6) is 0. The van der Waals surface area contributed by atoms with E-state index >= 15 is 0 Å². The van der Waals surface area contributed by atoms with Gasteiger partial charge in [-0.05, 0) is 229 Å². The summed E-state index contributed by atoms with van der Waals surface area (Å²) in [6.45, 7) is 39.1. The minimum Gasteiger partial charge on any atom is -0.867 e. The molecule has 0 spiro atoms. The largest absolute Gasteiger partial charge is 0.867 e. The van der Waals surface area contributed by atoms with E-state index in [1.807, 2.05) is 0 Å². The molecule has 0 amide bonds. The lowest BCUT2D eigenvalue weighted by Crippen LogP contribution is -2.39. The molecule has 0 N–H and O–H groups in total. The van der Waals surface area contributed by atoms with Gasteiger partial charge in [0.2, 0.25) is 0 Å². The Bertz CT molecular complexity index is 1920. The standard InChI is InChI=1S/2C30H42N3P.BFO2/c2*1-7-31(8-2)25-13-19-28(20-14-25)34(29-21-15-26(16-22-29)32(9-3)10-4)30-23-17-27(18-24-30)33(11-5)12-6;2-1(3)4/h2*13-24H,7-12H2,1-6H3;/q;;-2/p+2. The average Bonchev–Trinajstić information content (AvgIpc) is 3.41. The van der Waals surface area contributed by atoms with Crippen LogP contribution in [0, 0.1) is 0 Å². The zero-order valence-corrected chi connectivity index (χ0v) is 47.8. The molecule has 0 heterocycles. The predicted octanol–water partition coefficient (Wildman–Crippen LogP) is 9.09. The van der Waals surface area contributed by atoms with Gasteiger partial charge in [0.05, 0.1) is 15.8 Å². The van der Waals surface area contributed by atoms with E-state index in [1.165, 1.54) is 66.0 Å². The van der Waals surface area contributed by atoms with E-state index in [9.17, 15) is 4.32 Å². The summed E-state index contributed by atoms with van der Waals surface area (Å²) >= 11 is 0. The minimum atomic E-state index is -3.17. The highest BCUT2D eigenvalue weighted by atomic mass is 31.1. The molecule has 0 atom stereocenters. The van der Waals surface area contributed by atoms with Crippen molar-refractivity contribution in [3.63, 3.8) is 0 Å². The number of hydrogen-bond acceptors (Lipinski definition) is 8. The molecule has 0 saturated carbocycles. The van der Waals surface area contributed by atoms with Gasteiger partial charge in [0.1, 0.15) is 39.2 Å². The van der Waals surface area contributed by atoms with Crippen molar-refractivity contribution in [3.05, 3.63) is 146 Å². The van der Waals surface area contributed by atoms with Crippen molar-refractivity contribution in [3.8, 4) is 0 Å². The third kappa shape index (κ3) is 16.5. The number of halogens is 1.